The van der Waals surface area contributed by atoms with Crippen LogP contribution in [0.4, 0.5) is 8.78 Å². The van der Waals surface area contributed by atoms with Gasteiger partial charge in [0, 0.05) is 18.0 Å². The summed E-state index contributed by atoms with van der Waals surface area (Å²) in [5, 5.41) is 0. The number of carbonyl (C=O) groups excluding carboxylic acids is 2. The van der Waals surface area contributed by atoms with E-state index in [4.69, 9.17) is 15.2 Å². The molecule has 0 fully saturated rings. The molecule has 2 atom stereocenters. The van der Waals surface area contributed by atoms with Gasteiger partial charge in [0.25, 0.3) is 0 Å². The minimum atomic E-state index is -0.733. The van der Waals surface area contributed by atoms with Crippen molar-refractivity contribution >= 4 is 50.5 Å². The number of rotatable bonds is 10. The van der Waals surface area contributed by atoms with Crippen molar-refractivity contribution in [2.24, 2.45) is 5.73 Å². The molecule has 0 saturated heterocycles. The van der Waals surface area contributed by atoms with Crippen LogP contribution in [0.5, 0.6) is 0 Å². The van der Waals surface area contributed by atoms with E-state index >= 15 is 0 Å². The van der Waals surface area contributed by atoms with Crippen LogP contribution < -0.4 is 5.73 Å². The fourth-order valence-electron chi connectivity index (χ4n) is 6.39. The number of aryl methyl sites for hydroxylation is 6. The first-order chi connectivity index (χ1) is 24.5. The van der Waals surface area contributed by atoms with Crippen molar-refractivity contribution in [2.45, 2.75) is 101 Å². The molecule has 0 radical (unpaired) electrons. The van der Waals surface area contributed by atoms with E-state index in [0.717, 1.165) is 38.9 Å². The molecule has 5 nitrogen and oxygen atoms in total. The van der Waals surface area contributed by atoms with Crippen LogP contribution in [0.25, 0.3) is 22.3 Å². The molecule has 0 spiro atoms. The summed E-state index contributed by atoms with van der Waals surface area (Å²) in [6, 6.07) is 15.0. The summed E-state index contributed by atoms with van der Waals surface area (Å²) in [4.78, 5) is 23.5. The lowest BCUT2D eigenvalue weighted by atomic mass is 9.87. The fourth-order valence-corrected chi connectivity index (χ4v) is 6.39. The second-order valence-electron chi connectivity index (χ2n) is 13.3. The van der Waals surface area contributed by atoms with Gasteiger partial charge >= 0.3 is 11.9 Å². The Labute approximate surface area is 341 Å². The van der Waals surface area contributed by atoms with Crippen molar-refractivity contribution in [3.8, 4) is 22.3 Å². The summed E-state index contributed by atoms with van der Waals surface area (Å²) in [6.45, 7) is 21.9. The van der Waals surface area contributed by atoms with Crippen LogP contribution >= 0.6 is 38.6 Å². The molecule has 4 aromatic carbocycles. The minimum Gasteiger partial charge on any atom is -0.466 e. The molecule has 0 bridgehead atoms. The second-order valence-corrected chi connectivity index (χ2v) is 13.3. The van der Waals surface area contributed by atoms with Gasteiger partial charge in [-0.2, -0.15) is 27.0 Å². The van der Waals surface area contributed by atoms with Crippen LogP contribution in [-0.2, 0) is 19.1 Å². The average Bonchev–Trinajstić information content (AvgIpc) is 3.09. The average molecular weight is 805 g/mol. The van der Waals surface area contributed by atoms with E-state index in [1.807, 2.05) is 32.0 Å². The first-order valence-corrected chi connectivity index (χ1v) is 18.5. The molecule has 4 aromatic rings. The number of carbonyl (C=O) groups is 2. The Balaban J connectivity index is 0.000000961. The molecule has 0 amide bonds. The van der Waals surface area contributed by atoms with Crippen LogP contribution in [0.2, 0.25) is 0 Å². The summed E-state index contributed by atoms with van der Waals surface area (Å²) >= 11 is 4.64. The molecule has 54 heavy (non-hydrogen) atoms. The molecule has 0 aliphatic rings. The van der Waals surface area contributed by atoms with Gasteiger partial charge in [-0.15, -0.1) is 11.6 Å². The van der Waals surface area contributed by atoms with Crippen LogP contribution in [0, 0.1) is 67.0 Å². The molecule has 4 rings (SSSR count). The normalized spacial score (nSPS) is 11.3. The zero-order chi connectivity index (χ0) is 39.4. The van der Waals surface area contributed by atoms with Crippen molar-refractivity contribution in [3.63, 3.8) is 0 Å². The highest BCUT2D eigenvalue weighted by atomic mass is 35.5. The van der Waals surface area contributed by atoms with Crippen molar-refractivity contribution in [1.29, 1.82) is 0 Å². The van der Waals surface area contributed by atoms with Crippen molar-refractivity contribution in [3.05, 3.63) is 116 Å². The SMILES string of the molecule is CCOC(=O)C[C@H](C)c1cc(-c2c(C)ccc(C)c2C)cc(C)c1F.CCOC(=O)C[C@H](N)c1cc(-c2c(C)ccc(C)c2C)cc(C)c1F.CCl.S.S. The highest BCUT2D eigenvalue weighted by molar-refractivity contribution is 7.59. The number of hydrogen-bond acceptors (Lipinski definition) is 5. The van der Waals surface area contributed by atoms with Gasteiger partial charge in [-0.1, -0.05) is 31.2 Å². The van der Waals surface area contributed by atoms with E-state index in [9.17, 15) is 18.4 Å². The minimum absolute atomic E-state index is 0. The Kier molecular flexibility index (Phi) is 22.1. The summed E-state index contributed by atoms with van der Waals surface area (Å²) < 4.78 is 39.3. The Bertz CT molecular complexity index is 1750. The lowest BCUT2D eigenvalue weighted by molar-refractivity contribution is -0.144. The quantitative estimate of drug-likeness (QED) is 0.128. The van der Waals surface area contributed by atoms with E-state index in [1.54, 1.807) is 33.8 Å². The maximum absolute atomic E-state index is 14.7. The smallest absolute Gasteiger partial charge is 0.307 e. The Morgan fingerprint density at radius 3 is 1.37 bits per heavy atom. The predicted molar refractivity (Wildman–Crippen MR) is 232 cm³/mol. The standard InChI is InChI=1S/C22H27FO2.C21H26FNO2.CH3Cl.2H2S/c1-7-25-20(24)11-15(4)19-12-18(10-16(5)22(19)23)21-14(3)9-8-13(2)17(21)6;1-6-25-19(24)11-18(23)17-10-16(9-14(4)21(17)22)20-13(3)8-7-12(2)15(20)5;1-2;;/h8-10,12,15H,7,11H2,1-6H3;7-10,18H,6,11,23H2,1-5H3;1H3;2*1H2/t15-;18-;;;/m00.../s1. The Morgan fingerprint density at radius 1 is 0.611 bits per heavy atom. The Hall–Kier alpha value is -3.37. The Morgan fingerprint density at radius 2 is 0.963 bits per heavy atom. The van der Waals surface area contributed by atoms with Crippen LogP contribution in [-0.4, -0.2) is 31.5 Å². The fraction of sp³-hybridized carbons (Fsp3) is 0.409. The number of benzene rings is 4. The summed E-state index contributed by atoms with van der Waals surface area (Å²) in [7, 11) is 0. The zero-order valence-electron chi connectivity index (χ0n) is 33.9. The monoisotopic (exact) mass is 803 g/mol. The first-order valence-electron chi connectivity index (χ1n) is 17.7. The largest absolute Gasteiger partial charge is 0.466 e. The van der Waals surface area contributed by atoms with Crippen molar-refractivity contribution in [2.75, 3.05) is 19.6 Å². The van der Waals surface area contributed by atoms with E-state index < -0.39 is 12.0 Å². The number of hydrogen-bond donors (Lipinski definition) is 1. The lowest BCUT2D eigenvalue weighted by Gasteiger charge is -2.18. The van der Waals surface area contributed by atoms with Crippen molar-refractivity contribution in [1.82, 2.24) is 0 Å². The van der Waals surface area contributed by atoms with Gasteiger partial charge in [0.2, 0.25) is 0 Å². The van der Waals surface area contributed by atoms with E-state index in [-0.39, 0.29) is 70.0 Å². The number of halogens is 3. The van der Waals surface area contributed by atoms with Gasteiger partial charge in [-0.3, -0.25) is 9.59 Å². The third-order valence-electron chi connectivity index (χ3n) is 9.43. The molecule has 0 saturated carbocycles. The second kappa shape index (κ2) is 23.5. The lowest BCUT2D eigenvalue weighted by Crippen LogP contribution is -2.19. The highest BCUT2D eigenvalue weighted by Crippen LogP contribution is 2.36. The molecular weight excluding hydrogens is 744 g/mol. The molecule has 10 heteroatoms. The van der Waals surface area contributed by atoms with Crippen LogP contribution in [0.3, 0.4) is 0 Å². The molecule has 0 unspecified atom stereocenters. The van der Waals surface area contributed by atoms with Gasteiger partial charge in [0.05, 0.1) is 26.1 Å². The molecule has 0 aliphatic carbocycles. The van der Waals surface area contributed by atoms with Gasteiger partial charge in [-0.25, -0.2) is 8.78 Å². The van der Waals surface area contributed by atoms with Crippen LogP contribution in [0.15, 0.2) is 48.5 Å². The number of ether oxygens (including phenoxy) is 2. The van der Waals surface area contributed by atoms with E-state index in [2.05, 4.69) is 70.5 Å². The van der Waals surface area contributed by atoms with Gasteiger partial charge in [0.15, 0.2) is 0 Å². The molecule has 0 aliphatic heterocycles. The topological polar surface area (TPSA) is 78.6 Å². The van der Waals surface area contributed by atoms with Gasteiger partial charge in [0.1, 0.15) is 11.6 Å². The number of esters is 2. The molecule has 0 heterocycles. The third-order valence-corrected chi connectivity index (χ3v) is 9.43. The summed E-state index contributed by atoms with van der Waals surface area (Å²) in [5.41, 5.74) is 19.4. The molecule has 298 valence electrons. The van der Waals surface area contributed by atoms with E-state index in [0.29, 0.717) is 28.9 Å². The predicted octanol–water partition coefficient (Wildman–Crippen LogP) is 11.5. The van der Waals surface area contributed by atoms with Gasteiger partial charge < -0.3 is 15.2 Å². The third kappa shape index (κ3) is 12.9. The molecule has 2 N–H and O–H groups in total. The zero-order valence-corrected chi connectivity index (χ0v) is 36.7. The summed E-state index contributed by atoms with van der Waals surface area (Å²) in [6.07, 6.45) is 1.61. The maximum atomic E-state index is 14.7. The first kappa shape index (κ1) is 50.6. The number of nitrogens with two attached hydrogens (primary N) is 1. The molecule has 0 aromatic heterocycles. The number of alkyl halides is 1. The van der Waals surface area contributed by atoms with Gasteiger partial charge in [-0.05, 0) is 172 Å². The van der Waals surface area contributed by atoms with Crippen LogP contribution in [0.1, 0.15) is 101 Å². The van der Waals surface area contributed by atoms with Crippen molar-refractivity contribution < 1.29 is 27.8 Å². The maximum Gasteiger partial charge on any atom is 0.307 e. The summed E-state index contributed by atoms with van der Waals surface area (Å²) in [5.74, 6) is -1.53. The van der Waals surface area contributed by atoms with E-state index in [1.165, 1.54) is 23.1 Å². The molecular formula is C44H60ClF2NO4S2. The highest BCUT2D eigenvalue weighted by Gasteiger charge is 2.21.